The van der Waals surface area contributed by atoms with Crippen LogP contribution >= 0.6 is 11.3 Å². The number of rotatable bonds is 5. The van der Waals surface area contributed by atoms with Crippen LogP contribution in [0.4, 0.5) is 5.13 Å². The van der Waals surface area contributed by atoms with Crippen LogP contribution in [-0.4, -0.2) is 33.9 Å². The number of nitrogens with zero attached hydrogens (tertiary/aromatic N) is 3. The molecule has 0 atom stereocenters. The molecule has 1 aromatic carbocycles. The second kappa shape index (κ2) is 8.41. The van der Waals surface area contributed by atoms with Crippen molar-refractivity contribution in [1.29, 1.82) is 0 Å². The topological polar surface area (TPSA) is 58.1 Å². The zero-order valence-electron chi connectivity index (χ0n) is 15.1. The Balaban J connectivity index is 1.48. The number of hydrogen-bond acceptors (Lipinski definition) is 5. The van der Waals surface area contributed by atoms with E-state index in [0.29, 0.717) is 5.13 Å². The van der Waals surface area contributed by atoms with Crippen molar-refractivity contribution in [3.8, 4) is 11.4 Å². The number of piperidine rings is 1. The molecular formula is C21H22N4OS. The first-order valence-corrected chi connectivity index (χ1v) is 10.2. The Labute approximate surface area is 163 Å². The summed E-state index contributed by atoms with van der Waals surface area (Å²) in [5.74, 6) is -0.107. The molecule has 0 bridgehead atoms. The van der Waals surface area contributed by atoms with E-state index in [-0.39, 0.29) is 5.91 Å². The fourth-order valence-corrected chi connectivity index (χ4v) is 4.07. The average molecular weight is 379 g/mol. The van der Waals surface area contributed by atoms with Gasteiger partial charge in [-0.05, 0) is 49.7 Å². The monoisotopic (exact) mass is 378 g/mol. The predicted octanol–water partition coefficient (Wildman–Crippen LogP) is 4.44. The molecule has 1 saturated heterocycles. The number of anilines is 1. The number of aromatic nitrogens is 2. The molecule has 1 amide bonds. The molecule has 0 radical (unpaired) electrons. The van der Waals surface area contributed by atoms with E-state index in [9.17, 15) is 4.79 Å². The number of amides is 1. The van der Waals surface area contributed by atoms with Crippen molar-refractivity contribution >= 4 is 22.4 Å². The van der Waals surface area contributed by atoms with E-state index in [1.54, 1.807) is 6.20 Å². The molecule has 0 unspecified atom stereocenters. The molecule has 0 aliphatic carbocycles. The Morgan fingerprint density at radius 1 is 1.04 bits per heavy atom. The van der Waals surface area contributed by atoms with Crippen LogP contribution in [0.25, 0.3) is 11.4 Å². The van der Waals surface area contributed by atoms with Gasteiger partial charge in [-0.1, -0.05) is 30.7 Å². The minimum Gasteiger partial charge on any atom is -0.299 e. The number of pyridine rings is 1. The largest absolute Gasteiger partial charge is 0.299 e. The summed E-state index contributed by atoms with van der Waals surface area (Å²) in [6, 6.07) is 13.6. The Morgan fingerprint density at radius 3 is 2.67 bits per heavy atom. The van der Waals surface area contributed by atoms with Crippen LogP contribution in [-0.2, 0) is 6.54 Å². The molecule has 5 nitrogen and oxygen atoms in total. The van der Waals surface area contributed by atoms with Crippen LogP contribution in [0.5, 0.6) is 0 Å². The molecule has 1 aliphatic rings. The molecule has 4 rings (SSSR count). The van der Waals surface area contributed by atoms with Gasteiger partial charge in [0.25, 0.3) is 5.91 Å². The van der Waals surface area contributed by atoms with Gasteiger partial charge in [0, 0.05) is 23.7 Å². The Morgan fingerprint density at radius 2 is 1.85 bits per heavy atom. The molecular weight excluding hydrogens is 356 g/mol. The minimum absolute atomic E-state index is 0.107. The third kappa shape index (κ3) is 4.40. The van der Waals surface area contributed by atoms with Crippen molar-refractivity contribution in [3.05, 3.63) is 65.2 Å². The lowest BCUT2D eigenvalue weighted by molar-refractivity contribution is 0.102. The summed E-state index contributed by atoms with van der Waals surface area (Å²) in [4.78, 5) is 24.1. The lowest BCUT2D eigenvalue weighted by atomic mass is 10.0. The highest BCUT2D eigenvalue weighted by Crippen LogP contribution is 2.24. The molecule has 0 saturated carbocycles. The van der Waals surface area contributed by atoms with E-state index < -0.39 is 0 Å². The highest BCUT2D eigenvalue weighted by atomic mass is 32.1. The van der Waals surface area contributed by atoms with Crippen LogP contribution < -0.4 is 5.32 Å². The molecule has 138 valence electrons. The van der Waals surface area contributed by atoms with Gasteiger partial charge in [-0.15, -0.1) is 11.3 Å². The maximum atomic E-state index is 12.8. The van der Waals surface area contributed by atoms with Gasteiger partial charge >= 0.3 is 0 Å². The maximum Gasteiger partial charge on any atom is 0.257 e. The van der Waals surface area contributed by atoms with Crippen LogP contribution in [0.3, 0.4) is 0 Å². The van der Waals surface area contributed by atoms with Gasteiger partial charge in [-0.3, -0.25) is 20.0 Å². The van der Waals surface area contributed by atoms with Gasteiger partial charge in [0.1, 0.15) is 5.69 Å². The van der Waals surface area contributed by atoms with Gasteiger partial charge in [0.2, 0.25) is 0 Å². The molecule has 27 heavy (non-hydrogen) atoms. The van der Waals surface area contributed by atoms with E-state index in [1.165, 1.54) is 30.6 Å². The summed E-state index contributed by atoms with van der Waals surface area (Å²) in [6.45, 7) is 3.03. The van der Waals surface area contributed by atoms with E-state index in [2.05, 4.69) is 20.2 Å². The van der Waals surface area contributed by atoms with Gasteiger partial charge in [0.05, 0.1) is 5.69 Å². The van der Waals surface area contributed by atoms with E-state index >= 15 is 0 Å². The van der Waals surface area contributed by atoms with Gasteiger partial charge < -0.3 is 0 Å². The number of likely N-dealkylation sites (tertiary alicyclic amines) is 1. The zero-order chi connectivity index (χ0) is 18.5. The number of nitrogens with one attached hydrogen (secondary N) is 1. The maximum absolute atomic E-state index is 12.8. The van der Waals surface area contributed by atoms with Crippen molar-refractivity contribution in [1.82, 2.24) is 14.9 Å². The number of carbonyl (C=O) groups is 1. The molecule has 1 fully saturated rings. The number of carbonyl (C=O) groups excluding carboxylic acids is 1. The highest BCUT2D eigenvalue weighted by Gasteiger charge is 2.17. The average Bonchev–Trinajstić information content (AvgIpc) is 3.18. The van der Waals surface area contributed by atoms with Crippen LogP contribution in [0.1, 0.15) is 35.2 Å². The zero-order valence-corrected chi connectivity index (χ0v) is 15.9. The van der Waals surface area contributed by atoms with Crippen molar-refractivity contribution in [2.24, 2.45) is 0 Å². The minimum atomic E-state index is -0.107. The van der Waals surface area contributed by atoms with E-state index in [0.717, 1.165) is 42.1 Å². The molecule has 3 heterocycles. The first-order chi connectivity index (χ1) is 13.3. The van der Waals surface area contributed by atoms with Gasteiger partial charge in [-0.25, -0.2) is 4.98 Å². The smallest absolute Gasteiger partial charge is 0.257 e. The molecule has 3 aromatic rings. The Hall–Kier alpha value is -2.57. The van der Waals surface area contributed by atoms with Gasteiger partial charge in [-0.2, -0.15) is 0 Å². The molecule has 0 spiro atoms. The molecule has 6 heteroatoms. The lowest BCUT2D eigenvalue weighted by Crippen LogP contribution is -2.30. The Kier molecular flexibility index (Phi) is 5.55. The van der Waals surface area contributed by atoms with Crippen LogP contribution in [0, 0.1) is 0 Å². The van der Waals surface area contributed by atoms with Crippen molar-refractivity contribution < 1.29 is 4.79 Å². The number of thiazole rings is 1. The predicted molar refractivity (Wildman–Crippen MR) is 109 cm³/mol. The van der Waals surface area contributed by atoms with Gasteiger partial charge in [0.15, 0.2) is 5.13 Å². The van der Waals surface area contributed by atoms with Crippen molar-refractivity contribution in [3.63, 3.8) is 0 Å². The molecule has 1 N–H and O–H groups in total. The second-order valence-electron chi connectivity index (χ2n) is 6.70. The standard InChI is InChI=1S/C21H22N4OS/c26-20(24-21-23-19(15-27-21)18-10-4-5-11-22-18)17-9-3-2-8-16(17)14-25-12-6-1-7-13-25/h2-5,8-11,15H,1,6-7,12-14H2,(H,23,24,26). The summed E-state index contributed by atoms with van der Waals surface area (Å²) in [6.07, 6.45) is 5.53. The Bertz CT molecular complexity index is 903. The third-order valence-electron chi connectivity index (χ3n) is 4.76. The molecule has 1 aliphatic heterocycles. The fourth-order valence-electron chi connectivity index (χ4n) is 3.37. The van der Waals surface area contributed by atoms with Crippen LogP contribution in [0.15, 0.2) is 54.0 Å². The fraction of sp³-hybridized carbons (Fsp3) is 0.286. The number of hydrogen-bond donors (Lipinski definition) is 1. The summed E-state index contributed by atoms with van der Waals surface area (Å²) in [5, 5.41) is 5.45. The van der Waals surface area contributed by atoms with Crippen molar-refractivity contribution in [2.75, 3.05) is 18.4 Å². The first kappa shape index (κ1) is 17.8. The third-order valence-corrected chi connectivity index (χ3v) is 5.51. The summed E-state index contributed by atoms with van der Waals surface area (Å²) >= 11 is 1.42. The normalized spacial score (nSPS) is 14.8. The van der Waals surface area contributed by atoms with Crippen LogP contribution in [0.2, 0.25) is 0 Å². The molecule has 2 aromatic heterocycles. The van der Waals surface area contributed by atoms with Crippen molar-refractivity contribution in [2.45, 2.75) is 25.8 Å². The lowest BCUT2D eigenvalue weighted by Gasteiger charge is -2.27. The quantitative estimate of drug-likeness (QED) is 0.713. The van der Waals surface area contributed by atoms with E-state index in [1.807, 2.05) is 47.8 Å². The summed E-state index contributed by atoms with van der Waals surface area (Å²) < 4.78 is 0. The second-order valence-corrected chi connectivity index (χ2v) is 7.56. The highest BCUT2D eigenvalue weighted by molar-refractivity contribution is 7.14. The summed E-state index contributed by atoms with van der Waals surface area (Å²) in [7, 11) is 0. The first-order valence-electron chi connectivity index (χ1n) is 9.28. The SMILES string of the molecule is O=C(Nc1nc(-c2ccccn2)cs1)c1ccccc1CN1CCCCC1. The van der Waals surface area contributed by atoms with E-state index in [4.69, 9.17) is 0 Å². The number of benzene rings is 1. The summed E-state index contributed by atoms with van der Waals surface area (Å²) in [5.41, 5.74) is 3.37.